The van der Waals surface area contributed by atoms with Crippen LogP contribution < -0.4 is 0 Å². The Morgan fingerprint density at radius 2 is 1.31 bits per heavy atom. The summed E-state index contributed by atoms with van der Waals surface area (Å²) in [5.41, 5.74) is 0. The zero-order chi connectivity index (χ0) is 19.5. The van der Waals surface area contributed by atoms with E-state index in [9.17, 15) is 19.5 Å². The smallest absolute Gasteiger partial charge is 0.306 e. The first-order valence-electron chi connectivity index (χ1n) is 9.14. The number of hydrogen-bond donors (Lipinski definition) is 1. The van der Waals surface area contributed by atoms with Crippen molar-refractivity contribution in [1.29, 1.82) is 0 Å². The maximum Gasteiger partial charge on any atom is 0.306 e. The number of aliphatic hydroxyl groups excluding tert-OH is 1. The number of aliphatic hydroxyl groups is 1. The first-order chi connectivity index (χ1) is 12.5. The lowest BCUT2D eigenvalue weighted by atomic mass is 9.99. The van der Waals surface area contributed by atoms with E-state index in [0.717, 1.165) is 0 Å². The van der Waals surface area contributed by atoms with Crippen molar-refractivity contribution >= 4 is 17.9 Å². The van der Waals surface area contributed by atoms with E-state index in [1.54, 1.807) is 0 Å². The van der Waals surface area contributed by atoms with Gasteiger partial charge in [-0.05, 0) is 19.3 Å². The fourth-order valence-corrected chi connectivity index (χ4v) is 2.50. The van der Waals surface area contributed by atoms with E-state index >= 15 is 0 Å². The average Bonchev–Trinajstić information content (AvgIpc) is 2.58. The van der Waals surface area contributed by atoms with Crippen molar-refractivity contribution in [2.75, 3.05) is 6.61 Å². The largest absolute Gasteiger partial charge is 0.455 e. The lowest BCUT2D eigenvalue weighted by Gasteiger charge is -2.40. The molecule has 8 nitrogen and oxygen atoms in total. The summed E-state index contributed by atoms with van der Waals surface area (Å²) in [4.78, 5) is 35.8. The highest BCUT2D eigenvalue weighted by Gasteiger charge is 2.47. The number of ether oxygens (including phenoxy) is 4. The van der Waals surface area contributed by atoms with Crippen LogP contribution in [0.1, 0.15) is 59.3 Å². The number of hydrogen-bond acceptors (Lipinski definition) is 8. The van der Waals surface area contributed by atoms with Crippen molar-refractivity contribution in [2.24, 2.45) is 0 Å². The molecule has 26 heavy (non-hydrogen) atoms. The molecule has 0 aliphatic carbocycles. The Labute approximate surface area is 154 Å². The molecular weight excluding hydrogens is 344 g/mol. The Balaban J connectivity index is 2.98. The monoisotopic (exact) mass is 373 g/mol. The molecule has 1 aliphatic heterocycles. The van der Waals surface area contributed by atoms with Crippen LogP contribution in [0.25, 0.3) is 0 Å². The van der Waals surface area contributed by atoms with Crippen LogP contribution in [0.15, 0.2) is 0 Å². The van der Waals surface area contributed by atoms with Crippen molar-refractivity contribution in [1.82, 2.24) is 0 Å². The van der Waals surface area contributed by atoms with E-state index in [4.69, 9.17) is 18.9 Å². The van der Waals surface area contributed by atoms with Gasteiger partial charge in [-0.2, -0.15) is 0 Å². The molecule has 1 saturated heterocycles. The molecule has 0 aromatic heterocycles. The molecule has 1 heterocycles. The van der Waals surface area contributed by atoms with Crippen molar-refractivity contribution in [3.63, 3.8) is 0 Å². The van der Waals surface area contributed by atoms with E-state index in [1.165, 1.54) is 6.61 Å². The molecule has 1 radical (unpaired) electrons. The maximum absolute atomic E-state index is 12.0. The van der Waals surface area contributed by atoms with Gasteiger partial charge >= 0.3 is 17.9 Å². The van der Waals surface area contributed by atoms with Gasteiger partial charge in [0.25, 0.3) is 0 Å². The zero-order valence-electron chi connectivity index (χ0n) is 15.6. The van der Waals surface area contributed by atoms with Gasteiger partial charge in [0.05, 0.1) is 6.61 Å². The minimum absolute atomic E-state index is 0.173. The Hall–Kier alpha value is -1.67. The summed E-state index contributed by atoms with van der Waals surface area (Å²) in [5, 5.41) is 9.53. The fraction of sp³-hybridized carbons (Fsp3) is 0.778. The van der Waals surface area contributed by atoms with Crippen LogP contribution in [-0.4, -0.2) is 54.0 Å². The second kappa shape index (κ2) is 11.9. The van der Waals surface area contributed by atoms with Crippen LogP contribution in [0.3, 0.4) is 0 Å². The number of esters is 3. The van der Waals surface area contributed by atoms with Crippen molar-refractivity contribution in [3.8, 4) is 0 Å². The molecule has 1 N–H and O–H groups in total. The highest BCUT2D eigenvalue weighted by atomic mass is 16.6. The summed E-state index contributed by atoms with van der Waals surface area (Å²) < 4.78 is 21.5. The third-order valence-corrected chi connectivity index (χ3v) is 3.75. The quantitative estimate of drug-likeness (QED) is 0.455. The van der Waals surface area contributed by atoms with E-state index in [2.05, 4.69) is 0 Å². The SMILES string of the molecule is CCCC(=O)O[C@@H]1[C@H](OC(=O)CCC)[C@@H](CO)O[CH][C@H]1OC(=O)CCC. The predicted molar refractivity (Wildman–Crippen MR) is 90.6 cm³/mol. The lowest BCUT2D eigenvalue weighted by molar-refractivity contribution is -0.218. The van der Waals surface area contributed by atoms with Crippen molar-refractivity contribution in [2.45, 2.75) is 83.7 Å². The molecule has 0 bridgehead atoms. The Bertz CT molecular complexity index is 464. The summed E-state index contributed by atoms with van der Waals surface area (Å²) in [6.45, 7) is 6.24. The number of carbonyl (C=O) groups is 3. The number of carbonyl (C=O) groups excluding carboxylic acids is 3. The standard InChI is InChI=1S/C18H29O8/c1-4-7-14(20)24-13-11-23-12(10-19)17(25-15(21)8-5-2)18(13)26-16(22)9-6-3/h11-13,17-19H,4-10H2,1-3H3/t12-,13-,17-,18+/m1/s1. The van der Waals surface area contributed by atoms with Crippen LogP contribution in [0, 0.1) is 6.61 Å². The minimum Gasteiger partial charge on any atom is -0.455 e. The summed E-state index contributed by atoms with van der Waals surface area (Å²) in [6.07, 6.45) is -1.75. The van der Waals surface area contributed by atoms with Gasteiger partial charge in [0.15, 0.2) is 18.3 Å². The molecule has 0 saturated carbocycles. The first-order valence-corrected chi connectivity index (χ1v) is 9.14. The predicted octanol–water partition coefficient (Wildman–Crippen LogP) is 1.67. The highest BCUT2D eigenvalue weighted by Crippen LogP contribution is 2.27. The molecule has 0 aromatic rings. The summed E-state index contributed by atoms with van der Waals surface area (Å²) in [5.74, 6) is -1.48. The van der Waals surface area contributed by atoms with Crippen molar-refractivity contribution in [3.05, 3.63) is 6.61 Å². The zero-order valence-corrected chi connectivity index (χ0v) is 15.6. The molecule has 0 spiro atoms. The van der Waals surface area contributed by atoms with Gasteiger partial charge in [0, 0.05) is 19.3 Å². The molecular formula is C18H29O8. The Morgan fingerprint density at radius 1 is 0.846 bits per heavy atom. The maximum atomic E-state index is 12.0. The van der Waals surface area contributed by atoms with E-state index in [1.807, 2.05) is 20.8 Å². The van der Waals surface area contributed by atoms with Crippen LogP contribution in [0.4, 0.5) is 0 Å². The van der Waals surface area contributed by atoms with Crippen molar-refractivity contribution < 1.29 is 38.4 Å². The third kappa shape index (κ3) is 6.92. The van der Waals surface area contributed by atoms with Crippen LogP contribution >= 0.6 is 0 Å². The van der Waals surface area contributed by atoms with Gasteiger partial charge < -0.3 is 24.1 Å². The first kappa shape index (κ1) is 22.4. The van der Waals surface area contributed by atoms with E-state index < -0.39 is 48.9 Å². The highest BCUT2D eigenvalue weighted by molar-refractivity contribution is 5.71. The molecule has 1 rings (SSSR count). The second-order valence-corrected chi connectivity index (χ2v) is 6.11. The molecule has 4 atom stereocenters. The van der Waals surface area contributed by atoms with E-state index in [0.29, 0.717) is 19.3 Å². The van der Waals surface area contributed by atoms with Gasteiger partial charge in [0.2, 0.25) is 0 Å². The summed E-state index contributed by atoms with van der Waals surface area (Å²) in [6, 6.07) is 0. The van der Waals surface area contributed by atoms with Gasteiger partial charge in [-0.3, -0.25) is 14.4 Å². The summed E-state index contributed by atoms with van der Waals surface area (Å²) >= 11 is 0. The Morgan fingerprint density at radius 3 is 1.77 bits per heavy atom. The third-order valence-electron chi connectivity index (χ3n) is 3.75. The van der Waals surface area contributed by atoms with Gasteiger partial charge in [0.1, 0.15) is 12.7 Å². The van der Waals surface area contributed by atoms with Crippen LogP contribution in [0.2, 0.25) is 0 Å². The topological polar surface area (TPSA) is 108 Å². The van der Waals surface area contributed by atoms with Gasteiger partial charge in [-0.25, -0.2) is 0 Å². The van der Waals surface area contributed by atoms with Gasteiger partial charge in [-0.15, -0.1) is 0 Å². The fourth-order valence-electron chi connectivity index (χ4n) is 2.50. The van der Waals surface area contributed by atoms with Crippen LogP contribution in [-0.2, 0) is 33.3 Å². The minimum atomic E-state index is -1.07. The molecule has 0 amide bonds. The van der Waals surface area contributed by atoms with Crippen LogP contribution in [0.5, 0.6) is 0 Å². The molecule has 1 fully saturated rings. The summed E-state index contributed by atoms with van der Waals surface area (Å²) in [7, 11) is 0. The molecule has 0 unspecified atom stereocenters. The van der Waals surface area contributed by atoms with E-state index in [-0.39, 0.29) is 19.3 Å². The Kier molecular flexibility index (Phi) is 10.2. The average molecular weight is 373 g/mol. The lowest BCUT2D eigenvalue weighted by Crippen LogP contribution is -2.57. The molecule has 8 heteroatoms. The normalized spacial score (nSPS) is 25.4. The molecule has 0 aromatic carbocycles. The number of rotatable bonds is 10. The second-order valence-electron chi connectivity index (χ2n) is 6.11. The van der Waals surface area contributed by atoms with Gasteiger partial charge in [-0.1, -0.05) is 20.8 Å². The molecule has 149 valence electrons. The molecule has 1 aliphatic rings.